The van der Waals surface area contributed by atoms with Crippen molar-refractivity contribution in [2.75, 3.05) is 11.6 Å². The molecule has 1 saturated heterocycles. The smallest absolute Gasteiger partial charge is 0.238 e. The van der Waals surface area contributed by atoms with Crippen LogP contribution in [0.25, 0.3) is 0 Å². The lowest BCUT2D eigenvalue weighted by atomic mass is 10.0. The van der Waals surface area contributed by atoms with E-state index in [1.54, 1.807) is 11.8 Å². The molecule has 0 aliphatic carbocycles. The first kappa shape index (κ1) is 13.4. The molecule has 3 nitrogen and oxygen atoms in total. The molecular weight excluding hydrogens is 244 g/mol. The molecule has 2 rings (SSSR count). The minimum Gasteiger partial charge on any atom is -0.351 e. The highest BCUT2D eigenvalue weighted by molar-refractivity contribution is 7.99. The summed E-state index contributed by atoms with van der Waals surface area (Å²) in [6, 6.07) is 8.43. The summed E-state index contributed by atoms with van der Waals surface area (Å²) in [4.78, 5) is 11.8. The van der Waals surface area contributed by atoms with Crippen LogP contribution in [0.1, 0.15) is 30.9 Å². The Kier molecular flexibility index (Phi) is 4.66. The predicted octanol–water partition coefficient (Wildman–Crippen LogP) is 2.09. The van der Waals surface area contributed by atoms with Crippen molar-refractivity contribution in [3.05, 3.63) is 35.4 Å². The topological polar surface area (TPSA) is 41.1 Å². The van der Waals surface area contributed by atoms with Crippen LogP contribution in [0.4, 0.5) is 0 Å². The summed E-state index contributed by atoms with van der Waals surface area (Å²) in [7, 11) is 0. The van der Waals surface area contributed by atoms with Gasteiger partial charge in [-0.3, -0.25) is 10.1 Å². The molecule has 0 saturated carbocycles. The number of hydrogen-bond donors (Lipinski definition) is 2. The van der Waals surface area contributed by atoms with E-state index in [0.29, 0.717) is 12.5 Å². The first-order chi connectivity index (χ1) is 8.66. The molecule has 0 radical (unpaired) electrons. The Morgan fingerprint density at radius 2 is 2.17 bits per heavy atom. The minimum atomic E-state index is -0.0232. The van der Waals surface area contributed by atoms with Crippen molar-refractivity contribution in [1.29, 1.82) is 0 Å². The summed E-state index contributed by atoms with van der Waals surface area (Å²) in [5.74, 6) is 2.40. The molecule has 4 heteroatoms. The van der Waals surface area contributed by atoms with Crippen LogP contribution in [0.15, 0.2) is 24.3 Å². The molecule has 0 aromatic heterocycles. The van der Waals surface area contributed by atoms with Crippen LogP contribution in [-0.2, 0) is 11.3 Å². The molecule has 1 aliphatic rings. The molecule has 1 aromatic carbocycles. The predicted molar refractivity (Wildman–Crippen MR) is 76.6 cm³/mol. The standard InChI is InChI=1S/C14H20N2OS/c1-10(2)12-5-3-11(4-6-12)7-15-14(17)13-8-18-9-16-13/h3-6,10,13,16H,7-9H2,1-2H3,(H,15,17). The summed E-state index contributed by atoms with van der Waals surface area (Å²) < 4.78 is 0. The van der Waals surface area contributed by atoms with E-state index in [2.05, 4.69) is 48.7 Å². The molecule has 1 aliphatic heterocycles. The van der Waals surface area contributed by atoms with Gasteiger partial charge in [-0.1, -0.05) is 38.1 Å². The Hall–Kier alpha value is -1.00. The first-order valence-corrected chi connectivity index (χ1v) is 7.50. The molecule has 1 amide bonds. The van der Waals surface area contributed by atoms with E-state index in [1.165, 1.54) is 5.56 Å². The van der Waals surface area contributed by atoms with Crippen molar-refractivity contribution < 1.29 is 4.79 Å². The van der Waals surface area contributed by atoms with E-state index in [4.69, 9.17) is 0 Å². The molecule has 98 valence electrons. The Morgan fingerprint density at radius 1 is 1.44 bits per heavy atom. The average Bonchev–Trinajstić information content (AvgIpc) is 2.90. The Labute approximate surface area is 113 Å². The number of benzene rings is 1. The lowest BCUT2D eigenvalue weighted by Gasteiger charge is -2.11. The minimum absolute atomic E-state index is 0.0232. The van der Waals surface area contributed by atoms with Gasteiger partial charge in [-0.25, -0.2) is 0 Å². The zero-order chi connectivity index (χ0) is 13.0. The molecular formula is C14H20N2OS. The highest BCUT2D eigenvalue weighted by Crippen LogP contribution is 2.14. The second-order valence-corrected chi connectivity index (χ2v) is 5.92. The van der Waals surface area contributed by atoms with E-state index in [9.17, 15) is 4.79 Å². The maximum atomic E-state index is 11.8. The van der Waals surface area contributed by atoms with Gasteiger partial charge in [0.15, 0.2) is 0 Å². The normalized spacial score (nSPS) is 19.2. The largest absolute Gasteiger partial charge is 0.351 e. The van der Waals surface area contributed by atoms with Crippen molar-refractivity contribution in [1.82, 2.24) is 10.6 Å². The van der Waals surface area contributed by atoms with Crippen LogP contribution in [0.3, 0.4) is 0 Å². The zero-order valence-electron chi connectivity index (χ0n) is 10.9. The lowest BCUT2D eigenvalue weighted by Crippen LogP contribution is -2.41. The Bertz CT molecular complexity index is 397. The molecule has 1 fully saturated rings. The van der Waals surface area contributed by atoms with Gasteiger partial charge >= 0.3 is 0 Å². The molecule has 0 bridgehead atoms. The van der Waals surface area contributed by atoms with Gasteiger partial charge in [0.25, 0.3) is 0 Å². The third-order valence-corrected chi connectivity index (χ3v) is 4.09. The van der Waals surface area contributed by atoms with Crippen LogP contribution >= 0.6 is 11.8 Å². The summed E-state index contributed by atoms with van der Waals surface area (Å²) in [5, 5.41) is 6.14. The summed E-state index contributed by atoms with van der Waals surface area (Å²) in [6.07, 6.45) is 0. The van der Waals surface area contributed by atoms with Gasteiger partial charge in [-0.2, -0.15) is 0 Å². The Morgan fingerprint density at radius 3 is 2.72 bits per heavy atom. The van der Waals surface area contributed by atoms with Gasteiger partial charge in [0.2, 0.25) is 5.91 Å². The van der Waals surface area contributed by atoms with E-state index < -0.39 is 0 Å². The van der Waals surface area contributed by atoms with Crippen LogP contribution in [0, 0.1) is 0 Å². The first-order valence-electron chi connectivity index (χ1n) is 6.34. The molecule has 18 heavy (non-hydrogen) atoms. The average molecular weight is 264 g/mol. The monoisotopic (exact) mass is 264 g/mol. The molecule has 0 spiro atoms. The summed E-state index contributed by atoms with van der Waals surface area (Å²) in [6.45, 7) is 4.97. The second kappa shape index (κ2) is 6.25. The van der Waals surface area contributed by atoms with Gasteiger partial charge < -0.3 is 5.32 Å². The highest BCUT2D eigenvalue weighted by atomic mass is 32.2. The van der Waals surface area contributed by atoms with Crippen LogP contribution in [-0.4, -0.2) is 23.6 Å². The SMILES string of the molecule is CC(C)c1ccc(CNC(=O)C2CSCN2)cc1. The zero-order valence-corrected chi connectivity index (χ0v) is 11.7. The number of carbonyl (C=O) groups is 1. The van der Waals surface area contributed by atoms with Gasteiger partial charge in [-0.05, 0) is 17.0 Å². The fraction of sp³-hybridized carbons (Fsp3) is 0.500. The third kappa shape index (κ3) is 3.50. The van der Waals surface area contributed by atoms with Crippen molar-refractivity contribution in [3.8, 4) is 0 Å². The van der Waals surface area contributed by atoms with Crippen molar-refractivity contribution in [3.63, 3.8) is 0 Å². The molecule has 2 N–H and O–H groups in total. The number of hydrogen-bond acceptors (Lipinski definition) is 3. The molecule has 1 heterocycles. The van der Waals surface area contributed by atoms with Crippen molar-refractivity contribution >= 4 is 17.7 Å². The van der Waals surface area contributed by atoms with Crippen LogP contribution < -0.4 is 10.6 Å². The van der Waals surface area contributed by atoms with E-state index in [1.807, 2.05) is 0 Å². The number of rotatable bonds is 4. The van der Waals surface area contributed by atoms with Crippen LogP contribution in [0.2, 0.25) is 0 Å². The van der Waals surface area contributed by atoms with E-state index >= 15 is 0 Å². The molecule has 1 atom stereocenters. The summed E-state index contributed by atoms with van der Waals surface area (Å²) in [5.41, 5.74) is 2.48. The summed E-state index contributed by atoms with van der Waals surface area (Å²) >= 11 is 1.77. The fourth-order valence-electron chi connectivity index (χ4n) is 1.90. The lowest BCUT2D eigenvalue weighted by molar-refractivity contribution is -0.122. The van der Waals surface area contributed by atoms with E-state index in [-0.39, 0.29) is 11.9 Å². The Balaban J connectivity index is 1.84. The quantitative estimate of drug-likeness (QED) is 0.875. The molecule has 1 aromatic rings. The van der Waals surface area contributed by atoms with Gasteiger partial charge in [0.05, 0.1) is 6.04 Å². The van der Waals surface area contributed by atoms with Gasteiger partial charge in [-0.15, -0.1) is 11.8 Å². The van der Waals surface area contributed by atoms with Gasteiger partial charge in [0.1, 0.15) is 0 Å². The highest BCUT2D eigenvalue weighted by Gasteiger charge is 2.21. The fourth-order valence-corrected chi connectivity index (χ4v) is 2.84. The maximum Gasteiger partial charge on any atom is 0.238 e. The van der Waals surface area contributed by atoms with E-state index in [0.717, 1.165) is 17.2 Å². The molecule has 1 unspecified atom stereocenters. The van der Waals surface area contributed by atoms with Crippen molar-refractivity contribution in [2.24, 2.45) is 0 Å². The number of carbonyl (C=O) groups excluding carboxylic acids is 1. The second-order valence-electron chi connectivity index (χ2n) is 4.89. The maximum absolute atomic E-state index is 11.8. The third-order valence-electron chi connectivity index (χ3n) is 3.15. The number of thioether (sulfide) groups is 1. The number of amides is 1. The van der Waals surface area contributed by atoms with Gasteiger partial charge in [0, 0.05) is 18.2 Å². The van der Waals surface area contributed by atoms with Crippen molar-refractivity contribution in [2.45, 2.75) is 32.4 Å². The number of nitrogens with one attached hydrogen (secondary N) is 2. The van der Waals surface area contributed by atoms with Crippen LogP contribution in [0.5, 0.6) is 0 Å².